The van der Waals surface area contributed by atoms with Crippen molar-refractivity contribution in [2.75, 3.05) is 4.90 Å². The van der Waals surface area contributed by atoms with Gasteiger partial charge in [-0.15, -0.1) is 0 Å². The van der Waals surface area contributed by atoms with Gasteiger partial charge in [0.25, 0.3) is 0 Å². The van der Waals surface area contributed by atoms with Crippen molar-refractivity contribution in [3.63, 3.8) is 0 Å². The molecule has 0 N–H and O–H groups in total. The summed E-state index contributed by atoms with van der Waals surface area (Å²) in [5, 5.41) is 5.56. The summed E-state index contributed by atoms with van der Waals surface area (Å²) in [5.74, 6) is 0.767. The molecule has 0 bridgehead atoms. The van der Waals surface area contributed by atoms with Crippen LogP contribution >= 0.6 is 0 Å². The Kier molecular flexibility index (Phi) is 7.86. The van der Waals surface area contributed by atoms with Gasteiger partial charge in [-0.1, -0.05) is 152 Å². The van der Waals surface area contributed by atoms with Crippen molar-refractivity contribution in [1.29, 1.82) is 0 Å². The van der Waals surface area contributed by atoms with E-state index in [1.807, 2.05) is 13.0 Å². The molecule has 0 fully saturated rings. The Morgan fingerprint density at radius 2 is 1.21 bits per heavy atom. The minimum absolute atomic E-state index is 0.682. The molecule has 1 spiro atoms. The fraction of sp³-hybridized carbons (Fsp3) is 0.0476. The lowest BCUT2D eigenvalue weighted by Crippen LogP contribution is -2.26. The number of hydrogen-bond donors (Lipinski definition) is 0. The molecule has 67 heavy (non-hydrogen) atoms. The molecule has 3 heterocycles. The molecule has 4 heteroatoms. The fourth-order valence-electron chi connectivity index (χ4n) is 12.0. The van der Waals surface area contributed by atoms with E-state index in [-0.39, 0.29) is 0 Å². The van der Waals surface area contributed by atoms with E-state index in [0.29, 0.717) is 0 Å². The number of nitrogens with zero attached hydrogens (tertiary/aromatic N) is 2. The van der Waals surface area contributed by atoms with Crippen LogP contribution in [0.4, 0.5) is 17.1 Å². The van der Waals surface area contributed by atoms with Crippen LogP contribution in [0.2, 0.25) is 0 Å². The fourth-order valence-corrected chi connectivity index (χ4v) is 12.0. The Morgan fingerprint density at radius 3 is 1.97 bits per heavy atom. The number of rotatable bonds is 6. The quantitative estimate of drug-likeness (QED) is 0.167. The van der Waals surface area contributed by atoms with E-state index < -0.39 is 5.41 Å². The number of hydrogen-bond acceptors (Lipinski definition) is 3. The van der Waals surface area contributed by atoms with Crippen LogP contribution in [0.15, 0.2) is 210 Å². The summed E-state index contributed by atoms with van der Waals surface area (Å²) in [6, 6.07) is 68.6. The van der Waals surface area contributed by atoms with Gasteiger partial charge in [0, 0.05) is 43.9 Å². The highest BCUT2D eigenvalue weighted by Gasteiger charge is 2.54. The van der Waals surface area contributed by atoms with Gasteiger partial charge in [-0.05, 0) is 125 Å². The highest BCUT2D eigenvalue weighted by atomic mass is 16.3. The molecular formula is C63H42N2O2. The second kappa shape index (κ2) is 14.0. The van der Waals surface area contributed by atoms with Crippen molar-refractivity contribution in [3.05, 3.63) is 240 Å². The highest BCUT2D eigenvalue weighted by Crippen LogP contribution is 2.67. The van der Waals surface area contributed by atoms with Crippen LogP contribution in [-0.2, 0) is 5.41 Å². The molecular weight excluding hydrogens is 817 g/mol. The number of anilines is 3. The van der Waals surface area contributed by atoms with Crippen LogP contribution in [0.1, 0.15) is 46.1 Å². The van der Waals surface area contributed by atoms with E-state index in [1.165, 1.54) is 49.9 Å². The number of para-hydroxylation sites is 3. The van der Waals surface area contributed by atoms with Gasteiger partial charge in [-0.2, -0.15) is 0 Å². The molecule has 4 nitrogen and oxygen atoms in total. The molecule has 0 radical (unpaired) electrons. The summed E-state index contributed by atoms with van der Waals surface area (Å²) >= 11 is 0. The minimum atomic E-state index is -0.682. The molecule has 12 aromatic rings. The first-order chi connectivity index (χ1) is 33.1. The molecule has 0 saturated carbocycles. The standard InChI is InChI=1S/C63H42N2O2/c1-4-18-54-41(5-2)59-61-49(63(46-25-13-9-21-42(46)43-22-10-14-26-47(43)63)48-35-36-56-58(60(48)61)45-24-12-16-30-55(45)66-56)37-53(62(59)67-54)65(40-33-31-38(3)32-34-40)52-29-17-28-51-57(52)44-23-11-15-27-50(44)64(51)39-19-7-6-8-20-39/h4-37H,2H2,1,3H3/b18-4-. The third-order valence-corrected chi connectivity index (χ3v) is 14.5. The monoisotopic (exact) mass is 858 g/mol. The summed E-state index contributed by atoms with van der Waals surface area (Å²) in [4.78, 5) is 2.45. The Hall–Kier alpha value is -8.60. The maximum absolute atomic E-state index is 7.37. The molecule has 2 aliphatic carbocycles. The predicted molar refractivity (Wildman–Crippen MR) is 278 cm³/mol. The lowest BCUT2D eigenvalue weighted by molar-refractivity contribution is 0.603. The van der Waals surface area contributed by atoms with Gasteiger partial charge >= 0.3 is 0 Å². The number of furan rings is 2. The maximum Gasteiger partial charge on any atom is 0.160 e. The summed E-state index contributed by atoms with van der Waals surface area (Å²) in [5.41, 5.74) is 20.2. The van der Waals surface area contributed by atoms with Gasteiger partial charge in [0.1, 0.15) is 16.9 Å². The van der Waals surface area contributed by atoms with Crippen molar-refractivity contribution < 1.29 is 8.83 Å². The number of fused-ring (bicyclic) bond motifs is 19. The van der Waals surface area contributed by atoms with Gasteiger partial charge in [-0.3, -0.25) is 0 Å². The summed E-state index contributed by atoms with van der Waals surface area (Å²) in [6.45, 7) is 8.72. The Balaban J connectivity index is 1.20. The number of allylic oxidation sites excluding steroid dienone is 1. The maximum atomic E-state index is 7.37. The van der Waals surface area contributed by atoms with E-state index in [0.717, 1.165) is 89.0 Å². The van der Waals surface area contributed by atoms with Gasteiger partial charge in [0.05, 0.1) is 27.8 Å². The largest absolute Gasteiger partial charge is 0.456 e. The van der Waals surface area contributed by atoms with Crippen LogP contribution in [0.5, 0.6) is 0 Å². The topological polar surface area (TPSA) is 34.5 Å². The van der Waals surface area contributed by atoms with Crippen molar-refractivity contribution in [1.82, 2.24) is 4.57 Å². The molecule has 0 atom stereocenters. The van der Waals surface area contributed by atoms with E-state index in [9.17, 15) is 0 Å². The van der Waals surface area contributed by atoms with E-state index in [1.54, 1.807) is 0 Å². The first kappa shape index (κ1) is 37.7. The second-order valence-electron chi connectivity index (χ2n) is 17.9. The number of aromatic nitrogens is 1. The Labute approximate surface area is 387 Å². The van der Waals surface area contributed by atoms with Crippen LogP contribution in [0.3, 0.4) is 0 Å². The van der Waals surface area contributed by atoms with Gasteiger partial charge < -0.3 is 18.3 Å². The van der Waals surface area contributed by atoms with Gasteiger partial charge in [0.15, 0.2) is 5.58 Å². The summed E-state index contributed by atoms with van der Waals surface area (Å²) in [6.07, 6.45) is 6.13. The molecule has 2 aliphatic rings. The lowest BCUT2D eigenvalue weighted by atomic mass is 9.70. The minimum Gasteiger partial charge on any atom is -0.456 e. The average molecular weight is 859 g/mol. The normalized spacial score (nSPS) is 13.3. The molecule has 0 unspecified atom stereocenters. The van der Waals surface area contributed by atoms with E-state index in [4.69, 9.17) is 8.83 Å². The molecule has 14 rings (SSSR count). The zero-order valence-corrected chi connectivity index (χ0v) is 37.0. The molecule has 316 valence electrons. The number of benzene rings is 9. The zero-order valence-electron chi connectivity index (χ0n) is 37.0. The van der Waals surface area contributed by atoms with Crippen LogP contribution in [0, 0.1) is 6.92 Å². The molecule has 0 saturated heterocycles. The summed E-state index contributed by atoms with van der Waals surface area (Å²) < 4.78 is 16.5. The molecule has 3 aromatic heterocycles. The van der Waals surface area contributed by atoms with Gasteiger partial charge in [-0.25, -0.2) is 0 Å². The summed E-state index contributed by atoms with van der Waals surface area (Å²) in [7, 11) is 0. The molecule has 0 aliphatic heterocycles. The average Bonchev–Trinajstić information content (AvgIpc) is 4.17. The first-order valence-corrected chi connectivity index (χ1v) is 23.1. The molecule has 0 amide bonds. The Morgan fingerprint density at radius 1 is 0.537 bits per heavy atom. The van der Waals surface area contributed by atoms with Crippen molar-refractivity contribution in [3.8, 4) is 27.9 Å². The van der Waals surface area contributed by atoms with E-state index in [2.05, 4.69) is 223 Å². The van der Waals surface area contributed by atoms with Crippen LogP contribution in [-0.4, -0.2) is 4.57 Å². The third kappa shape index (κ3) is 4.91. The van der Waals surface area contributed by atoms with Crippen LogP contribution < -0.4 is 4.90 Å². The highest BCUT2D eigenvalue weighted by molar-refractivity contribution is 6.23. The van der Waals surface area contributed by atoms with Crippen LogP contribution in [0.25, 0.3) is 94.8 Å². The predicted octanol–water partition coefficient (Wildman–Crippen LogP) is 17.2. The van der Waals surface area contributed by atoms with Crippen molar-refractivity contribution in [2.45, 2.75) is 19.3 Å². The Bertz CT molecular complexity index is 4040. The molecule has 9 aromatic carbocycles. The van der Waals surface area contributed by atoms with Gasteiger partial charge in [0.2, 0.25) is 0 Å². The van der Waals surface area contributed by atoms with E-state index >= 15 is 0 Å². The smallest absolute Gasteiger partial charge is 0.160 e. The zero-order chi connectivity index (χ0) is 44.5. The SMILES string of the molecule is C=Cc1c(/C=C\C)oc2c(N(c3ccc(C)cc3)c3cccc4c3c3ccccc3n4-c3ccccc3)cc3c(c12)-c1c(ccc2oc4ccccc4c12)C31c2ccccc2-c2ccccc21. The lowest BCUT2D eigenvalue weighted by Gasteiger charge is -2.32. The number of aryl methyl sites for hydroxylation is 1. The third-order valence-electron chi connectivity index (χ3n) is 14.5. The van der Waals surface area contributed by atoms with Crippen molar-refractivity contribution >= 4 is 83.9 Å². The first-order valence-electron chi connectivity index (χ1n) is 23.1. The van der Waals surface area contributed by atoms with Crippen molar-refractivity contribution in [2.24, 2.45) is 0 Å². The second-order valence-corrected chi connectivity index (χ2v) is 17.9.